The molecule has 7 nitrogen and oxygen atoms in total. The van der Waals surface area contributed by atoms with Crippen LogP contribution in [0, 0.1) is 13.8 Å². The minimum Gasteiger partial charge on any atom is -0.497 e. The number of nitrogens with zero attached hydrogens (tertiary/aromatic N) is 5. The highest BCUT2D eigenvalue weighted by molar-refractivity contribution is 5.43. The van der Waals surface area contributed by atoms with Crippen LogP contribution in [0.25, 0.3) is 0 Å². The summed E-state index contributed by atoms with van der Waals surface area (Å²) < 4.78 is 7.55. The van der Waals surface area contributed by atoms with Gasteiger partial charge in [-0.25, -0.2) is 0 Å². The number of hydrogen-bond donors (Lipinski definition) is 1. The van der Waals surface area contributed by atoms with Crippen LogP contribution in [0.5, 0.6) is 5.75 Å². The smallest absolute Gasteiger partial charge is 0.227 e. The van der Waals surface area contributed by atoms with Gasteiger partial charge in [0, 0.05) is 37.8 Å². The van der Waals surface area contributed by atoms with Crippen LogP contribution in [-0.4, -0.2) is 45.2 Å². The standard InChI is InChI=1S/C21H28N6O/c1-13-12-27(9-8-16-6-7-17(28-5)10-18(13)16)21-25-24-20(26(21)4)11-19-14(2)22-23-15(19)3/h6-7,10,13H,8-9,11-12H2,1-5H3,(H,22,23). The minimum absolute atomic E-state index is 0.395. The van der Waals surface area contributed by atoms with E-state index in [4.69, 9.17) is 4.74 Å². The number of aromatic amines is 1. The summed E-state index contributed by atoms with van der Waals surface area (Å²) in [5, 5.41) is 16.4. The van der Waals surface area contributed by atoms with Crippen LogP contribution in [0.4, 0.5) is 5.95 Å². The molecule has 3 heterocycles. The second kappa shape index (κ2) is 7.30. The average molecular weight is 380 g/mol. The van der Waals surface area contributed by atoms with Crippen LogP contribution in [0.15, 0.2) is 18.2 Å². The van der Waals surface area contributed by atoms with Crippen LogP contribution in [-0.2, 0) is 19.9 Å². The lowest BCUT2D eigenvalue weighted by Gasteiger charge is -2.23. The number of aromatic nitrogens is 5. The van der Waals surface area contributed by atoms with E-state index in [1.54, 1.807) is 7.11 Å². The second-order valence-electron chi connectivity index (χ2n) is 7.73. The number of fused-ring (bicyclic) bond motifs is 1. The zero-order chi connectivity index (χ0) is 19.8. The fourth-order valence-electron chi connectivity index (χ4n) is 4.12. The van der Waals surface area contributed by atoms with E-state index >= 15 is 0 Å². The molecule has 1 aliphatic rings. The van der Waals surface area contributed by atoms with E-state index in [0.29, 0.717) is 5.92 Å². The number of nitrogens with one attached hydrogen (secondary N) is 1. The molecule has 4 rings (SSSR count). The van der Waals surface area contributed by atoms with Crippen molar-refractivity contribution in [1.29, 1.82) is 0 Å². The highest BCUT2D eigenvalue weighted by atomic mass is 16.5. The maximum absolute atomic E-state index is 5.42. The van der Waals surface area contributed by atoms with Gasteiger partial charge < -0.3 is 14.2 Å². The molecule has 28 heavy (non-hydrogen) atoms. The lowest BCUT2D eigenvalue weighted by Crippen LogP contribution is -2.30. The van der Waals surface area contributed by atoms with E-state index in [9.17, 15) is 0 Å². The van der Waals surface area contributed by atoms with Gasteiger partial charge in [0.05, 0.1) is 12.8 Å². The van der Waals surface area contributed by atoms with Gasteiger partial charge in [-0.3, -0.25) is 5.10 Å². The summed E-state index contributed by atoms with van der Waals surface area (Å²) in [5.41, 5.74) is 6.08. The van der Waals surface area contributed by atoms with Crippen LogP contribution in [0.2, 0.25) is 0 Å². The van der Waals surface area contributed by atoms with Crippen molar-refractivity contribution in [2.45, 2.75) is 39.5 Å². The molecule has 1 aromatic carbocycles. The molecule has 0 amide bonds. The minimum atomic E-state index is 0.395. The molecule has 3 aromatic rings. The van der Waals surface area contributed by atoms with Gasteiger partial charge >= 0.3 is 0 Å². The van der Waals surface area contributed by atoms with Gasteiger partial charge in [0.15, 0.2) is 0 Å². The summed E-state index contributed by atoms with van der Waals surface area (Å²) in [7, 11) is 3.78. The van der Waals surface area contributed by atoms with Crippen molar-refractivity contribution in [1.82, 2.24) is 25.0 Å². The normalized spacial score (nSPS) is 16.8. The number of ether oxygens (including phenoxy) is 1. The summed E-state index contributed by atoms with van der Waals surface area (Å²) in [5.74, 6) is 3.20. The summed E-state index contributed by atoms with van der Waals surface area (Å²) in [4.78, 5) is 2.35. The number of H-pyrrole nitrogens is 1. The number of benzene rings is 1. The maximum Gasteiger partial charge on any atom is 0.227 e. The molecular weight excluding hydrogens is 352 g/mol. The Morgan fingerprint density at radius 1 is 1.25 bits per heavy atom. The molecule has 0 saturated heterocycles. The van der Waals surface area contributed by atoms with Gasteiger partial charge in [-0.15, -0.1) is 10.2 Å². The van der Waals surface area contributed by atoms with Gasteiger partial charge in [-0.1, -0.05) is 13.0 Å². The van der Waals surface area contributed by atoms with Gasteiger partial charge in [0.2, 0.25) is 5.95 Å². The topological polar surface area (TPSA) is 71.9 Å². The summed E-state index contributed by atoms with van der Waals surface area (Å²) in [6, 6.07) is 6.42. The van der Waals surface area contributed by atoms with Crippen LogP contribution >= 0.6 is 0 Å². The number of rotatable bonds is 4. The van der Waals surface area contributed by atoms with Crippen molar-refractivity contribution in [2.75, 3.05) is 25.1 Å². The molecule has 1 aliphatic heterocycles. The fourth-order valence-corrected chi connectivity index (χ4v) is 4.12. The highest BCUT2D eigenvalue weighted by Gasteiger charge is 2.24. The Balaban J connectivity index is 1.58. The van der Waals surface area contributed by atoms with E-state index < -0.39 is 0 Å². The third-order valence-electron chi connectivity index (χ3n) is 5.87. The molecule has 0 aliphatic carbocycles. The molecule has 0 bridgehead atoms. The quantitative estimate of drug-likeness (QED) is 0.753. The molecule has 2 aromatic heterocycles. The molecule has 1 N–H and O–H groups in total. The van der Waals surface area contributed by atoms with Gasteiger partial charge in [0.25, 0.3) is 0 Å². The number of methoxy groups -OCH3 is 1. The molecule has 0 spiro atoms. The average Bonchev–Trinajstić information content (AvgIpc) is 3.16. The monoisotopic (exact) mass is 380 g/mol. The van der Waals surface area contributed by atoms with E-state index in [1.165, 1.54) is 16.7 Å². The first-order valence-electron chi connectivity index (χ1n) is 9.78. The van der Waals surface area contributed by atoms with Gasteiger partial charge in [-0.05, 0) is 49.4 Å². The Labute approximate surface area is 165 Å². The fraction of sp³-hybridized carbons (Fsp3) is 0.476. The van der Waals surface area contributed by atoms with Crippen molar-refractivity contribution in [3.8, 4) is 5.75 Å². The molecule has 0 fully saturated rings. The van der Waals surface area contributed by atoms with Crippen molar-refractivity contribution in [2.24, 2.45) is 7.05 Å². The maximum atomic E-state index is 5.42. The first kappa shape index (κ1) is 18.5. The molecule has 1 unspecified atom stereocenters. The van der Waals surface area contributed by atoms with E-state index in [-0.39, 0.29) is 0 Å². The van der Waals surface area contributed by atoms with Gasteiger partial charge in [-0.2, -0.15) is 5.10 Å². The van der Waals surface area contributed by atoms with E-state index in [0.717, 1.165) is 54.8 Å². The lowest BCUT2D eigenvalue weighted by molar-refractivity contribution is 0.414. The van der Waals surface area contributed by atoms with Crippen molar-refractivity contribution < 1.29 is 4.74 Å². The number of hydrogen-bond acceptors (Lipinski definition) is 5. The second-order valence-corrected chi connectivity index (χ2v) is 7.73. The van der Waals surface area contributed by atoms with E-state index in [1.807, 2.05) is 6.92 Å². The summed E-state index contributed by atoms with van der Waals surface area (Å²) in [6.45, 7) is 8.19. The first-order valence-corrected chi connectivity index (χ1v) is 9.78. The first-order chi connectivity index (χ1) is 13.5. The van der Waals surface area contributed by atoms with Crippen LogP contribution < -0.4 is 9.64 Å². The van der Waals surface area contributed by atoms with Crippen molar-refractivity contribution in [3.63, 3.8) is 0 Å². The molecule has 1 atom stereocenters. The summed E-state index contributed by atoms with van der Waals surface area (Å²) in [6.07, 6.45) is 1.73. The zero-order valence-corrected chi connectivity index (χ0v) is 17.3. The third kappa shape index (κ3) is 3.25. The third-order valence-corrected chi connectivity index (χ3v) is 5.87. The molecule has 0 radical (unpaired) electrons. The SMILES string of the molecule is COc1ccc2c(c1)C(C)CN(c1nnc(Cc3c(C)n[nH]c3C)n1C)CC2. The summed E-state index contributed by atoms with van der Waals surface area (Å²) >= 11 is 0. The number of aryl methyl sites for hydroxylation is 2. The van der Waals surface area contributed by atoms with Crippen molar-refractivity contribution >= 4 is 5.95 Å². The van der Waals surface area contributed by atoms with E-state index in [2.05, 4.69) is 69.0 Å². The lowest BCUT2D eigenvalue weighted by atomic mass is 9.95. The predicted octanol–water partition coefficient (Wildman–Crippen LogP) is 2.92. The van der Waals surface area contributed by atoms with Crippen molar-refractivity contribution in [3.05, 3.63) is 52.1 Å². The zero-order valence-electron chi connectivity index (χ0n) is 17.3. The molecule has 7 heteroatoms. The predicted molar refractivity (Wildman–Crippen MR) is 109 cm³/mol. The molecule has 148 valence electrons. The Hall–Kier alpha value is -2.83. The van der Waals surface area contributed by atoms with Gasteiger partial charge in [0.1, 0.15) is 11.6 Å². The Morgan fingerprint density at radius 3 is 2.79 bits per heavy atom. The van der Waals surface area contributed by atoms with Crippen LogP contribution in [0.1, 0.15) is 46.7 Å². The van der Waals surface area contributed by atoms with Crippen LogP contribution in [0.3, 0.4) is 0 Å². The Bertz CT molecular complexity index is 969. The molecule has 0 saturated carbocycles. The molecular formula is C21H28N6O. The Morgan fingerprint density at radius 2 is 2.07 bits per heavy atom. The largest absolute Gasteiger partial charge is 0.497 e. The Kier molecular flexibility index (Phi) is 4.83. The number of anilines is 1. The highest BCUT2D eigenvalue weighted by Crippen LogP contribution is 2.30.